The molecule has 0 radical (unpaired) electrons. The van der Waals surface area contributed by atoms with E-state index in [1.165, 1.54) is 38.5 Å². The molecule has 1 aliphatic rings. The molecule has 1 saturated carbocycles. The minimum Gasteiger partial charge on any atom is -0.0701 e. The maximum Gasteiger partial charge on any atom is 0.105 e. The van der Waals surface area contributed by atoms with Crippen LogP contribution in [0.4, 0.5) is 0 Å². The third-order valence-corrected chi connectivity index (χ3v) is 3.91. The van der Waals surface area contributed by atoms with Gasteiger partial charge in [-0.1, -0.05) is 61.8 Å². The van der Waals surface area contributed by atoms with E-state index in [4.69, 9.17) is 0 Å². The van der Waals surface area contributed by atoms with Crippen molar-refractivity contribution in [2.24, 2.45) is 0 Å². The van der Waals surface area contributed by atoms with E-state index in [0.29, 0.717) is 0 Å². The van der Waals surface area contributed by atoms with Crippen molar-refractivity contribution >= 4 is 31.4 Å². The van der Waals surface area contributed by atoms with Crippen LogP contribution in [-0.4, -0.2) is 31.4 Å². The zero-order chi connectivity index (χ0) is 10.6. The van der Waals surface area contributed by atoms with Crippen molar-refractivity contribution in [3.63, 3.8) is 0 Å². The highest BCUT2D eigenvalue weighted by molar-refractivity contribution is 6.16. The lowest BCUT2D eigenvalue weighted by Crippen LogP contribution is -2.08. The van der Waals surface area contributed by atoms with E-state index in [9.17, 15) is 0 Å². The van der Waals surface area contributed by atoms with Crippen LogP contribution in [0.3, 0.4) is 0 Å². The van der Waals surface area contributed by atoms with Crippen molar-refractivity contribution in [2.75, 3.05) is 0 Å². The number of hydrogen-bond acceptors (Lipinski definition) is 0. The second-order valence-corrected chi connectivity index (χ2v) is 6.05. The van der Waals surface area contributed by atoms with Crippen LogP contribution in [0.25, 0.3) is 0 Å². The van der Waals surface area contributed by atoms with Crippen LogP contribution in [0.1, 0.15) is 38.5 Å². The highest BCUT2D eigenvalue weighted by Gasteiger charge is 2.16. The van der Waals surface area contributed by atoms with Crippen molar-refractivity contribution in [2.45, 2.75) is 61.8 Å². The Hall–Kier alpha value is 0.260. The summed E-state index contributed by atoms with van der Waals surface area (Å²) in [5.41, 5.74) is 0. The van der Waals surface area contributed by atoms with Gasteiger partial charge in [-0.3, -0.25) is 0 Å². The van der Waals surface area contributed by atoms with Gasteiger partial charge in [0.15, 0.2) is 0 Å². The second kappa shape index (κ2) is 5.98. The average Bonchev–Trinajstić information content (AvgIpc) is 2.11. The maximum absolute atomic E-state index is 2.44. The first-order chi connectivity index (χ1) is 6.58. The molecule has 4 unspecified atom stereocenters. The summed E-state index contributed by atoms with van der Waals surface area (Å²) < 4.78 is 0. The van der Waals surface area contributed by atoms with Gasteiger partial charge in [0, 0.05) is 0 Å². The van der Waals surface area contributed by atoms with Gasteiger partial charge in [-0.2, -0.15) is 0 Å². The molecule has 0 aliphatic heterocycles. The minimum absolute atomic E-state index is 0.959. The van der Waals surface area contributed by atoms with Gasteiger partial charge in [0.25, 0.3) is 0 Å². The third-order valence-electron chi connectivity index (χ3n) is 3.91. The molecule has 1 aliphatic carbocycles. The predicted octanol–water partition coefficient (Wildman–Crippen LogP) is 0.0270. The van der Waals surface area contributed by atoms with E-state index in [0.717, 1.165) is 23.3 Å². The van der Waals surface area contributed by atoms with Gasteiger partial charge in [-0.05, 0) is 0 Å². The predicted molar refractivity (Wildman–Crippen MR) is 76.9 cm³/mol. The molecule has 1 rings (SSSR count). The molecular weight excluding hydrogens is 163 g/mol. The topological polar surface area (TPSA) is 0 Å². The maximum atomic E-state index is 2.44. The van der Waals surface area contributed by atoms with Gasteiger partial charge in [0.2, 0.25) is 0 Å². The van der Waals surface area contributed by atoms with Crippen LogP contribution in [-0.2, 0) is 0 Å². The van der Waals surface area contributed by atoms with E-state index >= 15 is 0 Å². The second-order valence-electron chi connectivity index (χ2n) is 6.05. The Labute approximate surface area is 93.6 Å². The summed E-state index contributed by atoms with van der Waals surface area (Å²) in [4.78, 5) is 0. The molecular formula is C10H24B4. The molecule has 0 spiro atoms. The fraction of sp³-hybridized carbons (Fsp3) is 1.00. The molecule has 0 aromatic carbocycles. The fourth-order valence-electron chi connectivity index (χ4n) is 2.98. The Morgan fingerprint density at radius 3 is 0.929 bits per heavy atom. The fourth-order valence-corrected chi connectivity index (χ4v) is 2.98. The van der Waals surface area contributed by atoms with E-state index in [-0.39, 0.29) is 0 Å². The largest absolute Gasteiger partial charge is 0.105 e. The van der Waals surface area contributed by atoms with Gasteiger partial charge < -0.3 is 0 Å². The average molecular weight is 188 g/mol. The first-order valence-electron chi connectivity index (χ1n) is 6.58. The first kappa shape index (κ1) is 12.3. The van der Waals surface area contributed by atoms with Crippen molar-refractivity contribution in [3.8, 4) is 0 Å². The highest BCUT2D eigenvalue weighted by Crippen LogP contribution is 2.34. The molecule has 0 nitrogen and oxygen atoms in total. The summed E-state index contributed by atoms with van der Waals surface area (Å²) in [6, 6.07) is 0. The molecule has 4 heteroatoms. The Balaban J connectivity index is 2.42. The van der Waals surface area contributed by atoms with E-state index in [2.05, 4.69) is 31.4 Å². The van der Waals surface area contributed by atoms with E-state index in [1.54, 1.807) is 0 Å². The molecule has 0 N–H and O–H groups in total. The molecule has 0 amide bonds. The molecule has 0 saturated heterocycles. The van der Waals surface area contributed by atoms with Crippen LogP contribution < -0.4 is 0 Å². The molecule has 0 heterocycles. The van der Waals surface area contributed by atoms with Crippen molar-refractivity contribution in [1.29, 1.82) is 0 Å². The summed E-state index contributed by atoms with van der Waals surface area (Å²) >= 11 is 0. The highest BCUT2D eigenvalue weighted by atomic mass is 14.1. The number of hydrogen-bond donors (Lipinski definition) is 0. The first-order valence-corrected chi connectivity index (χ1v) is 6.58. The van der Waals surface area contributed by atoms with Gasteiger partial charge in [-0.25, -0.2) is 0 Å². The molecule has 14 heavy (non-hydrogen) atoms. The Morgan fingerprint density at radius 2 is 0.714 bits per heavy atom. The Kier molecular flexibility index (Phi) is 5.26. The molecule has 4 atom stereocenters. The molecule has 1 fully saturated rings. The van der Waals surface area contributed by atoms with Crippen LogP contribution >= 0.6 is 0 Å². The minimum atomic E-state index is 0.959. The monoisotopic (exact) mass is 188 g/mol. The third kappa shape index (κ3) is 4.66. The zero-order valence-electron chi connectivity index (χ0n) is 10.6. The van der Waals surface area contributed by atoms with Crippen molar-refractivity contribution in [3.05, 3.63) is 0 Å². The molecule has 0 aromatic heterocycles. The Bertz CT molecular complexity index is 128. The quantitative estimate of drug-likeness (QED) is 0.470. The van der Waals surface area contributed by atoms with Crippen LogP contribution in [0.15, 0.2) is 0 Å². The number of rotatable bonds is 0. The summed E-state index contributed by atoms with van der Waals surface area (Å²) in [5, 5.41) is 0. The lowest BCUT2D eigenvalue weighted by atomic mass is 9.62. The Morgan fingerprint density at radius 1 is 0.500 bits per heavy atom. The van der Waals surface area contributed by atoms with Gasteiger partial charge in [0.05, 0.1) is 0 Å². The smallest absolute Gasteiger partial charge is 0.0701 e. The van der Waals surface area contributed by atoms with E-state index in [1.807, 2.05) is 0 Å². The van der Waals surface area contributed by atoms with Gasteiger partial charge in [0.1, 0.15) is 31.4 Å². The van der Waals surface area contributed by atoms with E-state index < -0.39 is 0 Å². The van der Waals surface area contributed by atoms with Crippen molar-refractivity contribution in [1.82, 2.24) is 0 Å². The summed E-state index contributed by atoms with van der Waals surface area (Å²) in [6.45, 7) is 0. The molecule has 0 aromatic rings. The molecule has 0 bridgehead atoms. The van der Waals surface area contributed by atoms with Gasteiger partial charge >= 0.3 is 0 Å². The van der Waals surface area contributed by atoms with Crippen LogP contribution in [0, 0.1) is 0 Å². The summed E-state index contributed by atoms with van der Waals surface area (Å²) in [6.07, 6.45) is 8.74. The van der Waals surface area contributed by atoms with Crippen molar-refractivity contribution < 1.29 is 0 Å². The standard InChI is InChI=1S/C10H24B4/c11-7-1-2-8(12)6-10(14)4-3-9(13)5-7/h7-10H,1-6,11-14H2. The SMILES string of the molecule is BC1CCC(B)CC(B)CCC(B)C1. The summed E-state index contributed by atoms with van der Waals surface area (Å²) in [5.74, 6) is 3.84. The lowest BCUT2D eigenvalue weighted by molar-refractivity contribution is 0.504. The normalized spacial score (nSPS) is 41.7. The molecule has 76 valence electrons. The van der Waals surface area contributed by atoms with Crippen LogP contribution in [0.2, 0.25) is 23.3 Å². The lowest BCUT2D eigenvalue weighted by Gasteiger charge is -2.25. The van der Waals surface area contributed by atoms with Gasteiger partial charge in [-0.15, -0.1) is 0 Å². The van der Waals surface area contributed by atoms with Crippen LogP contribution in [0.5, 0.6) is 0 Å². The summed E-state index contributed by atoms with van der Waals surface area (Å²) in [7, 11) is 9.75. The zero-order valence-corrected chi connectivity index (χ0v) is 10.6.